The van der Waals surface area contributed by atoms with E-state index < -0.39 is 0 Å². The molecule has 1 amide bonds. The molecule has 4 nitrogen and oxygen atoms in total. The highest BCUT2D eigenvalue weighted by molar-refractivity contribution is 5.81. The highest BCUT2D eigenvalue weighted by Crippen LogP contribution is 2.22. The van der Waals surface area contributed by atoms with Gasteiger partial charge in [-0.15, -0.1) is 0 Å². The van der Waals surface area contributed by atoms with Crippen LogP contribution in [0.25, 0.3) is 0 Å². The Balaban J connectivity index is 1.70. The van der Waals surface area contributed by atoms with Gasteiger partial charge in [0.15, 0.2) is 0 Å². The Morgan fingerprint density at radius 3 is 2.30 bits per heavy atom. The summed E-state index contributed by atoms with van der Waals surface area (Å²) in [4.78, 5) is 14.5. The van der Waals surface area contributed by atoms with Gasteiger partial charge in [-0.1, -0.05) is 0 Å². The highest BCUT2D eigenvalue weighted by atomic mass is 16.2. The summed E-state index contributed by atoms with van der Waals surface area (Å²) >= 11 is 0. The first-order valence-corrected chi connectivity index (χ1v) is 8.14. The molecule has 2 rings (SSSR count). The van der Waals surface area contributed by atoms with Crippen LogP contribution in [0.4, 0.5) is 0 Å². The third kappa shape index (κ3) is 5.06. The summed E-state index contributed by atoms with van der Waals surface area (Å²) in [5.41, 5.74) is -0.141. The van der Waals surface area contributed by atoms with Crippen molar-refractivity contribution in [3.8, 4) is 0 Å². The summed E-state index contributed by atoms with van der Waals surface area (Å²) in [6.07, 6.45) is 5.16. The van der Waals surface area contributed by atoms with Gasteiger partial charge in [0.25, 0.3) is 0 Å². The molecule has 1 saturated carbocycles. The van der Waals surface area contributed by atoms with Gasteiger partial charge in [0, 0.05) is 11.6 Å². The predicted molar refractivity (Wildman–Crippen MR) is 82.7 cm³/mol. The van der Waals surface area contributed by atoms with Crippen LogP contribution >= 0.6 is 0 Å². The van der Waals surface area contributed by atoms with E-state index in [1.807, 2.05) is 27.7 Å². The summed E-state index contributed by atoms with van der Waals surface area (Å²) in [5, 5.41) is 6.71. The lowest BCUT2D eigenvalue weighted by Crippen LogP contribution is -2.53. The summed E-state index contributed by atoms with van der Waals surface area (Å²) in [6.45, 7) is 11.4. The SMILES string of the molecule is CC(C(=O)NC(C)(C)C)N1CCC(CNC2CC2)CC1. The maximum absolute atomic E-state index is 12.2. The van der Waals surface area contributed by atoms with Crippen LogP contribution in [-0.2, 0) is 4.79 Å². The number of rotatable bonds is 5. The Morgan fingerprint density at radius 1 is 1.20 bits per heavy atom. The maximum Gasteiger partial charge on any atom is 0.237 e. The van der Waals surface area contributed by atoms with Crippen molar-refractivity contribution < 1.29 is 4.79 Å². The predicted octanol–water partition coefficient (Wildman–Crippen LogP) is 1.75. The number of piperidine rings is 1. The Bertz CT molecular complexity index is 325. The minimum Gasteiger partial charge on any atom is -0.350 e. The van der Waals surface area contributed by atoms with Crippen molar-refractivity contribution in [1.82, 2.24) is 15.5 Å². The molecule has 0 aromatic heterocycles. The fourth-order valence-electron chi connectivity index (χ4n) is 2.81. The molecule has 0 bridgehead atoms. The van der Waals surface area contributed by atoms with Crippen LogP contribution in [0, 0.1) is 5.92 Å². The van der Waals surface area contributed by atoms with Gasteiger partial charge < -0.3 is 10.6 Å². The molecule has 1 atom stereocenters. The van der Waals surface area contributed by atoms with Crippen molar-refractivity contribution in [2.45, 2.75) is 71.0 Å². The number of hydrogen-bond donors (Lipinski definition) is 2. The van der Waals surface area contributed by atoms with Gasteiger partial charge in [0.2, 0.25) is 5.91 Å². The third-order valence-electron chi connectivity index (χ3n) is 4.35. The van der Waals surface area contributed by atoms with Gasteiger partial charge in [-0.25, -0.2) is 0 Å². The molecular formula is C16H31N3O. The number of hydrogen-bond acceptors (Lipinski definition) is 3. The van der Waals surface area contributed by atoms with Crippen molar-refractivity contribution in [1.29, 1.82) is 0 Å². The van der Waals surface area contributed by atoms with E-state index >= 15 is 0 Å². The minimum absolute atomic E-state index is 0.00781. The molecule has 116 valence electrons. The average Bonchev–Trinajstić information content (AvgIpc) is 3.18. The van der Waals surface area contributed by atoms with Crippen LogP contribution in [0.1, 0.15) is 53.4 Å². The first-order valence-electron chi connectivity index (χ1n) is 8.14. The maximum atomic E-state index is 12.2. The molecule has 20 heavy (non-hydrogen) atoms. The molecule has 2 fully saturated rings. The molecule has 1 heterocycles. The molecule has 0 aromatic rings. The van der Waals surface area contributed by atoms with Gasteiger partial charge in [-0.2, -0.15) is 0 Å². The number of nitrogens with one attached hydrogen (secondary N) is 2. The zero-order chi connectivity index (χ0) is 14.8. The van der Waals surface area contributed by atoms with Gasteiger partial charge in [-0.3, -0.25) is 9.69 Å². The number of carbonyl (C=O) groups excluding carboxylic acids is 1. The van der Waals surface area contributed by atoms with Crippen LogP contribution in [0.5, 0.6) is 0 Å². The molecule has 0 spiro atoms. The number of likely N-dealkylation sites (tertiary alicyclic amines) is 1. The molecule has 1 saturated heterocycles. The van der Waals surface area contributed by atoms with E-state index in [1.54, 1.807) is 0 Å². The van der Waals surface area contributed by atoms with E-state index in [4.69, 9.17) is 0 Å². The van der Waals surface area contributed by atoms with Crippen molar-refractivity contribution in [3.63, 3.8) is 0 Å². The number of carbonyl (C=O) groups is 1. The van der Waals surface area contributed by atoms with Gasteiger partial charge in [0.1, 0.15) is 0 Å². The normalized spacial score (nSPS) is 23.6. The van der Waals surface area contributed by atoms with E-state index in [-0.39, 0.29) is 17.5 Å². The second kappa shape index (κ2) is 6.44. The van der Waals surface area contributed by atoms with Crippen LogP contribution in [0.15, 0.2) is 0 Å². The van der Waals surface area contributed by atoms with E-state index in [0.29, 0.717) is 0 Å². The van der Waals surface area contributed by atoms with Gasteiger partial charge in [-0.05, 0) is 78.9 Å². The fraction of sp³-hybridized carbons (Fsp3) is 0.938. The van der Waals surface area contributed by atoms with E-state index in [2.05, 4.69) is 15.5 Å². The van der Waals surface area contributed by atoms with E-state index in [0.717, 1.165) is 25.0 Å². The lowest BCUT2D eigenvalue weighted by atomic mass is 9.95. The number of nitrogens with zero attached hydrogens (tertiary/aromatic N) is 1. The Morgan fingerprint density at radius 2 is 1.80 bits per heavy atom. The van der Waals surface area contributed by atoms with Gasteiger partial charge in [0.05, 0.1) is 6.04 Å². The molecule has 0 radical (unpaired) electrons. The second-order valence-corrected chi connectivity index (χ2v) is 7.58. The van der Waals surface area contributed by atoms with E-state index in [9.17, 15) is 4.79 Å². The van der Waals surface area contributed by atoms with Crippen LogP contribution in [-0.4, -0.2) is 48.1 Å². The summed E-state index contributed by atoms with van der Waals surface area (Å²) in [5.74, 6) is 0.955. The monoisotopic (exact) mass is 281 g/mol. The molecular weight excluding hydrogens is 250 g/mol. The number of amides is 1. The smallest absolute Gasteiger partial charge is 0.237 e. The van der Waals surface area contributed by atoms with Crippen LogP contribution < -0.4 is 10.6 Å². The molecule has 2 aliphatic rings. The zero-order valence-corrected chi connectivity index (χ0v) is 13.5. The first-order chi connectivity index (χ1) is 9.35. The summed E-state index contributed by atoms with van der Waals surface area (Å²) < 4.78 is 0. The van der Waals surface area contributed by atoms with Crippen molar-refractivity contribution >= 4 is 5.91 Å². The first kappa shape index (κ1) is 15.8. The molecule has 1 unspecified atom stereocenters. The van der Waals surface area contributed by atoms with Crippen molar-refractivity contribution in [2.24, 2.45) is 5.92 Å². The quantitative estimate of drug-likeness (QED) is 0.807. The van der Waals surface area contributed by atoms with Crippen molar-refractivity contribution in [3.05, 3.63) is 0 Å². The third-order valence-corrected chi connectivity index (χ3v) is 4.35. The lowest BCUT2D eigenvalue weighted by Gasteiger charge is -2.36. The fourth-order valence-corrected chi connectivity index (χ4v) is 2.81. The Kier molecular flexibility index (Phi) is 5.08. The topological polar surface area (TPSA) is 44.4 Å². The summed E-state index contributed by atoms with van der Waals surface area (Å²) in [6, 6.07) is 0.802. The minimum atomic E-state index is -0.141. The van der Waals surface area contributed by atoms with Crippen LogP contribution in [0.2, 0.25) is 0 Å². The molecule has 4 heteroatoms. The summed E-state index contributed by atoms with van der Waals surface area (Å²) in [7, 11) is 0. The average molecular weight is 281 g/mol. The largest absolute Gasteiger partial charge is 0.350 e. The van der Waals surface area contributed by atoms with E-state index in [1.165, 1.54) is 32.2 Å². The molecule has 0 aromatic carbocycles. The zero-order valence-electron chi connectivity index (χ0n) is 13.5. The molecule has 1 aliphatic carbocycles. The second-order valence-electron chi connectivity index (χ2n) is 7.58. The molecule has 2 N–H and O–H groups in total. The van der Waals surface area contributed by atoms with Crippen molar-refractivity contribution in [2.75, 3.05) is 19.6 Å². The van der Waals surface area contributed by atoms with Gasteiger partial charge >= 0.3 is 0 Å². The Hall–Kier alpha value is -0.610. The lowest BCUT2D eigenvalue weighted by molar-refractivity contribution is -0.127. The molecule has 1 aliphatic heterocycles. The highest BCUT2D eigenvalue weighted by Gasteiger charge is 2.29. The standard InChI is InChI=1S/C16H31N3O/c1-12(15(20)18-16(2,3)4)19-9-7-13(8-10-19)11-17-14-5-6-14/h12-14,17H,5-11H2,1-4H3,(H,18,20). The Labute approximate surface area is 123 Å². The van der Waals surface area contributed by atoms with Crippen LogP contribution in [0.3, 0.4) is 0 Å².